The van der Waals surface area contributed by atoms with Crippen LogP contribution in [0.2, 0.25) is 0 Å². The number of amides is 1. The molecule has 0 aliphatic carbocycles. The third-order valence-corrected chi connectivity index (χ3v) is 2.62. The number of halogens is 1. The van der Waals surface area contributed by atoms with Crippen molar-refractivity contribution >= 4 is 33.9 Å². The zero-order valence-corrected chi connectivity index (χ0v) is 10.9. The summed E-state index contributed by atoms with van der Waals surface area (Å²) in [5, 5.41) is 19.5. The number of carbonyl (C=O) groups is 2. The molecule has 96 valence electrons. The maximum absolute atomic E-state index is 11.4. The fourth-order valence-corrected chi connectivity index (χ4v) is 1.42. The van der Waals surface area contributed by atoms with E-state index in [4.69, 9.17) is 10.2 Å². The molecule has 0 saturated heterocycles. The topological polar surface area (TPSA) is 86.6 Å². The van der Waals surface area contributed by atoms with E-state index in [1.54, 1.807) is 18.2 Å². The number of carbonyl (C=O) groups excluding carboxylic acids is 1. The van der Waals surface area contributed by atoms with Gasteiger partial charge in [0.1, 0.15) is 0 Å². The number of aliphatic carboxylic acids is 1. The van der Waals surface area contributed by atoms with E-state index >= 15 is 0 Å². The first kappa shape index (κ1) is 14.4. The summed E-state index contributed by atoms with van der Waals surface area (Å²) in [6.07, 6.45) is 2.77. The molecule has 0 spiro atoms. The summed E-state index contributed by atoms with van der Waals surface area (Å²) in [5.74, 6) is -1.85. The molecule has 0 heterocycles. The van der Waals surface area contributed by atoms with Gasteiger partial charge in [0.05, 0.1) is 6.61 Å². The van der Waals surface area contributed by atoms with Gasteiger partial charge in [-0.25, -0.2) is 4.79 Å². The van der Waals surface area contributed by atoms with Crippen molar-refractivity contribution in [2.45, 2.75) is 6.04 Å². The third kappa shape index (κ3) is 4.68. The van der Waals surface area contributed by atoms with Crippen LogP contribution < -0.4 is 5.32 Å². The van der Waals surface area contributed by atoms with Gasteiger partial charge in [-0.15, -0.1) is 0 Å². The van der Waals surface area contributed by atoms with Crippen LogP contribution in [0.25, 0.3) is 6.08 Å². The van der Waals surface area contributed by atoms with Crippen molar-refractivity contribution in [3.05, 3.63) is 40.4 Å². The van der Waals surface area contributed by atoms with Gasteiger partial charge in [-0.2, -0.15) is 0 Å². The van der Waals surface area contributed by atoms with Gasteiger partial charge >= 0.3 is 5.97 Å². The monoisotopic (exact) mass is 313 g/mol. The van der Waals surface area contributed by atoms with E-state index in [0.717, 1.165) is 10.0 Å². The molecule has 6 heteroatoms. The van der Waals surface area contributed by atoms with Crippen LogP contribution >= 0.6 is 15.9 Å². The van der Waals surface area contributed by atoms with Crippen molar-refractivity contribution in [3.63, 3.8) is 0 Å². The second-order valence-electron chi connectivity index (χ2n) is 3.47. The summed E-state index contributed by atoms with van der Waals surface area (Å²) in [5.41, 5.74) is 0.809. The van der Waals surface area contributed by atoms with Gasteiger partial charge in [0.2, 0.25) is 5.91 Å². The Morgan fingerprint density at radius 2 is 1.94 bits per heavy atom. The zero-order chi connectivity index (χ0) is 13.5. The predicted octanol–water partition coefficient (Wildman–Crippen LogP) is 1.02. The fraction of sp³-hybridized carbons (Fsp3) is 0.167. The molecule has 18 heavy (non-hydrogen) atoms. The number of hydrogen-bond acceptors (Lipinski definition) is 3. The predicted molar refractivity (Wildman–Crippen MR) is 69.8 cm³/mol. The zero-order valence-electron chi connectivity index (χ0n) is 9.34. The summed E-state index contributed by atoms with van der Waals surface area (Å²) >= 11 is 3.29. The van der Waals surface area contributed by atoms with Gasteiger partial charge in [-0.05, 0) is 23.8 Å². The van der Waals surface area contributed by atoms with Crippen LogP contribution in [0.1, 0.15) is 5.56 Å². The molecular formula is C12H12BrNO4. The molecule has 1 amide bonds. The molecule has 0 saturated carbocycles. The van der Waals surface area contributed by atoms with Gasteiger partial charge in [0.25, 0.3) is 0 Å². The molecule has 0 aliphatic heterocycles. The average molecular weight is 314 g/mol. The minimum absolute atomic E-state index is 0.570. The van der Waals surface area contributed by atoms with Crippen LogP contribution in [0.15, 0.2) is 34.8 Å². The summed E-state index contributed by atoms with van der Waals surface area (Å²) < 4.78 is 0.926. The van der Waals surface area contributed by atoms with Crippen molar-refractivity contribution < 1.29 is 19.8 Å². The Kier molecular flexibility index (Phi) is 5.54. The second kappa shape index (κ2) is 6.93. The SMILES string of the molecule is O=C(/C=C/c1ccc(Br)cc1)NC(CO)C(=O)O. The molecule has 0 radical (unpaired) electrons. The van der Waals surface area contributed by atoms with Crippen molar-refractivity contribution in [3.8, 4) is 0 Å². The molecule has 1 aromatic carbocycles. The molecule has 0 aliphatic rings. The highest BCUT2D eigenvalue weighted by atomic mass is 79.9. The van der Waals surface area contributed by atoms with E-state index in [2.05, 4.69) is 21.2 Å². The van der Waals surface area contributed by atoms with E-state index in [1.807, 2.05) is 12.1 Å². The summed E-state index contributed by atoms with van der Waals surface area (Å²) in [7, 11) is 0. The van der Waals surface area contributed by atoms with Crippen molar-refractivity contribution in [1.29, 1.82) is 0 Å². The lowest BCUT2D eigenvalue weighted by molar-refractivity contribution is -0.142. The fourth-order valence-electron chi connectivity index (χ4n) is 1.15. The average Bonchev–Trinajstić information content (AvgIpc) is 2.35. The highest BCUT2D eigenvalue weighted by Crippen LogP contribution is 2.11. The molecule has 0 fully saturated rings. The van der Waals surface area contributed by atoms with Crippen molar-refractivity contribution in [2.75, 3.05) is 6.61 Å². The Bertz CT molecular complexity index is 456. The third-order valence-electron chi connectivity index (χ3n) is 2.09. The van der Waals surface area contributed by atoms with E-state index in [9.17, 15) is 9.59 Å². The van der Waals surface area contributed by atoms with Crippen molar-refractivity contribution in [1.82, 2.24) is 5.32 Å². The lowest BCUT2D eigenvalue weighted by Gasteiger charge is -2.09. The Balaban J connectivity index is 2.59. The van der Waals surface area contributed by atoms with E-state index in [0.29, 0.717) is 0 Å². The second-order valence-corrected chi connectivity index (χ2v) is 4.38. The standard InChI is InChI=1S/C12H12BrNO4/c13-9-4-1-8(2-5-9)3-6-11(16)14-10(7-15)12(17)18/h1-6,10,15H,7H2,(H,14,16)(H,17,18)/b6-3+. The van der Waals surface area contributed by atoms with Gasteiger partial charge < -0.3 is 15.5 Å². The number of carboxylic acid groups (broad SMARTS) is 1. The van der Waals surface area contributed by atoms with Gasteiger partial charge in [-0.3, -0.25) is 4.79 Å². The van der Waals surface area contributed by atoms with Crippen LogP contribution in [-0.2, 0) is 9.59 Å². The van der Waals surface area contributed by atoms with E-state index < -0.39 is 24.5 Å². The minimum Gasteiger partial charge on any atom is -0.480 e. The minimum atomic E-state index is -1.29. The number of benzene rings is 1. The van der Waals surface area contributed by atoms with Gasteiger partial charge in [-0.1, -0.05) is 28.1 Å². The molecule has 1 aromatic rings. The Hall–Kier alpha value is -1.66. The molecular weight excluding hydrogens is 302 g/mol. The lowest BCUT2D eigenvalue weighted by Crippen LogP contribution is -2.42. The number of rotatable bonds is 5. The first-order chi connectivity index (χ1) is 8.52. The number of hydrogen-bond donors (Lipinski definition) is 3. The summed E-state index contributed by atoms with van der Waals surface area (Å²) in [6.45, 7) is -0.646. The van der Waals surface area contributed by atoms with Crippen LogP contribution in [0, 0.1) is 0 Å². The quantitative estimate of drug-likeness (QED) is 0.708. The first-order valence-electron chi connectivity index (χ1n) is 5.10. The van der Waals surface area contributed by atoms with E-state index in [1.165, 1.54) is 6.08 Å². The Morgan fingerprint density at radius 3 is 2.44 bits per heavy atom. The maximum atomic E-state index is 11.4. The Labute approximate surface area is 112 Å². The number of nitrogens with one attached hydrogen (secondary N) is 1. The smallest absolute Gasteiger partial charge is 0.328 e. The normalized spacial score (nSPS) is 12.3. The lowest BCUT2D eigenvalue weighted by atomic mass is 10.2. The molecule has 0 bridgehead atoms. The largest absolute Gasteiger partial charge is 0.480 e. The highest BCUT2D eigenvalue weighted by molar-refractivity contribution is 9.10. The Morgan fingerprint density at radius 1 is 1.33 bits per heavy atom. The maximum Gasteiger partial charge on any atom is 0.328 e. The summed E-state index contributed by atoms with van der Waals surface area (Å²) in [6, 6.07) is 5.96. The van der Waals surface area contributed by atoms with Crippen LogP contribution in [-0.4, -0.2) is 34.7 Å². The van der Waals surface area contributed by atoms with Crippen LogP contribution in [0.4, 0.5) is 0 Å². The van der Waals surface area contributed by atoms with Crippen molar-refractivity contribution in [2.24, 2.45) is 0 Å². The molecule has 1 rings (SSSR count). The number of aliphatic hydroxyl groups excluding tert-OH is 1. The summed E-state index contributed by atoms with van der Waals surface area (Å²) in [4.78, 5) is 21.9. The molecule has 1 atom stereocenters. The van der Waals surface area contributed by atoms with Crippen LogP contribution in [0.3, 0.4) is 0 Å². The molecule has 0 aromatic heterocycles. The molecule has 5 nitrogen and oxygen atoms in total. The van der Waals surface area contributed by atoms with Gasteiger partial charge in [0.15, 0.2) is 6.04 Å². The number of carboxylic acids is 1. The highest BCUT2D eigenvalue weighted by Gasteiger charge is 2.16. The van der Waals surface area contributed by atoms with Gasteiger partial charge in [0, 0.05) is 10.5 Å². The van der Waals surface area contributed by atoms with Crippen LogP contribution in [0.5, 0.6) is 0 Å². The van der Waals surface area contributed by atoms with E-state index in [-0.39, 0.29) is 0 Å². The molecule has 1 unspecified atom stereocenters. The first-order valence-corrected chi connectivity index (χ1v) is 5.90. The number of aliphatic hydroxyl groups is 1. The molecule has 3 N–H and O–H groups in total.